The maximum atomic E-state index is 9.35. The molecule has 1 saturated carbocycles. The summed E-state index contributed by atoms with van der Waals surface area (Å²) in [6, 6.07) is 12.5. The number of anilines is 1. The summed E-state index contributed by atoms with van der Waals surface area (Å²) in [6.45, 7) is 4.57. The Kier molecular flexibility index (Phi) is 3.10. The van der Waals surface area contributed by atoms with Crippen molar-refractivity contribution in [3.8, 4) is 6.07 Å². The molecule has 1 aliphatic rings. The number of rotatable bonds is 2. The van der Waals surface area contributed by atoms with Gasteiger partial charge in [0.15, 0.2) is 0 Å². The molecule has 0 aliphatic heterocycles. The Bertz CT molecular complexity index is 682. The molecule has 1 aromatic heterocycles. The molecule has 0 radical (unpaired) electrons. The average Bonchev–Trinajstić information content (AvgIpc) is 2.77. The first-order valence-corrected chi connectivity index (χ1v) is 7.16. The number of aromatic nitrogens is 1. The highest BCUT2D eigenvalue weighted by atomic mass is 15.0. The number of para-hydroxylation sites is 1. The van der Waals surface area contributed by atoms with E-state index < -0.39 is 0 Å². The van der Waals surface area contributed by atoms with Gasteiger partial charge in [-0.2, -0.15) is 5.26 Å². The van der Waals surface area contributed by atoms with Gasteiger partial charge in [-0.05, 0) is 30.4 Å². The predicted octanol–water partition coefficient (Wildman–Crippen LogP) is 4.10. The molecular weight excluding hydrogens is 246 g/mol. The minimum Gasteiger partial charge on any atom is -0.366 e. The van der Waals surface area contributed by atoms with Crippen LogP contribution in [-0.4, -0.2) is 11.0 Å². The van der Waals surface area contributed by atoms with Crippen LogP contribution in [0.1, 0.15) is 38.7 Å². The minimum atomic E-state index is 0.264. The van der Waals surface area contributed by atoms with E-state index in [4.69, 9.17) is 0 Å². The fraction of sp³-hybridized carbons (Fsp3) is 0.412. The van der Waals surface area contributed by atoms with Gasteiger partial charge in [0.2, 0.25) is 0 Å². The molecule has 1 fully saturated rings. The van der Waals surface area contributed by atoms with Crippen molar-refractivity contribution in [3.63, 3.8) is 0 Å². The smallest absolute Gasteiger partial charge is 0.144 e. The quantitative estimate of drug-likeness (QED) is 0.889. The van der Waals surface area contributed by atoms with Crippen molar-refractivity contribution in [2.75, 3.05) is 5.32 Å². The fourth-order valence-electron chi connectivity index (χ4n) is 3.07. The molecule has 3 rings (SSSR count). The van der Waals surface area contributed by atoms with Crippen LogP contribution in [0.5, 0.6) is 0 Å². The van der Waals surface area contributed by atoms with Crippen molar-refractivity contribution in [2.24, 2.45) is 5.41 Å². The average molecular weight is 265 g/mol. The summed E-state index contributed by atoms with van der Waals surface area (Å²) in [5, 5.41) is 13.9. The molecule has 20 heavy (non-hydrogen) atoms. The Morgan fingerprint density at radius 1 is 1.35 bits per heavy atom. The zero-order valence-corrected chi connectivity index (χ0v) is 12.0. The summed E-state index contributed by atoms with van der Waals surface area (Å²) in [5.41, 5.74) is 1.83. The molecule has 1 atom stereocenters. The molecule has 1 aromatic carbocycles. The number of nitrogens with zero attached hydrogens (tertiary/aromatic N) is 2. The van der Waals surface area contributed by atoms with Gasteiger partial charge in [0.25, 0.3) is 0 Å². The van der Waals surface area contributed by atoms with E-state index in [0.29, 0.717) is 11.6 Å². The number of pyridine rings is 1. The van der Waals surface area contributed by atoms with Crippen LogP contribution in [0.2, 0.25) is 0 Å². The third-order valence-electron chi connectivity index (χ3n) is 4.41. The lowest BCUT2D eigenvalue weighted by Crippen LogP contribution is -2.31. The molecule has 0 spiro atoms. The Morgan fingerprint density at radius 2 is 2.15 bits per heavy atom. The zero-order chi connectivity index (χ0) is 14.2. The second-order valence-corrected chi connectivity index (χ2v) is 6.27. The van der Waals surface area contributed by atoms with Crippen molar-refractivity contribution in [1.29, 1.82) is 5.26 Å². The van der Waals surface area contributed by atoms with Crippen LogP contribution in [-0.2, 0) is 0 Å². The SMILES string of the molecule is CC1(C)CCCC1Nc1nc2ccccc2cc1C#N. The topological polar surface area (TPSA) is 48.7 Å². The zero-order valence-electron chi connectivity index (χ0n) is 12.0. The predicted molar refractivity (Wildman–Crippen MR) is 81.5 cm³/mol. The summed E-state index contributed by atoms with van der Waals surface area (Å²) in [6.07, 6.45) is 3.60. The molecule has 3 nitrogen and oxygen atoms in total. The monoisotopic (exact) mass is 265 g/mol. The van der Waals surface area contributed by atoms with Crippen molar-refractivity contribution in [1.82, 2.24) is 4.98 Å². The first-order chi connectivity index (χ1) is 9.60. The maximum Gasteiger partial charge on any atom is 0.144 e. The normalized spacial score (nSPS) is 20.8. The maximum absolute atomic E-state index is 9.35. The molecule has 1 heterocycles. The summed E-state index contributed by atoms with van der Waals surface area (Å²) < 4.78 is 0. The first-order valence-electron chi connectivity index (χ1n) is 7.16. The van der Waals surface area contributed by atoms with Crippen LogP contribution < -0.4 is 5.32 Å². The lowest BCUT2D eigenvalue weighted by molar-refractivity contribution is 0.349. The van der Waals surface area contributed by atoms with Crippen LogP contribution in [0, 0.1) is 16.7 Å². The van der Waals surface area contributed by atoms with E-state index in [1.165, 1.54) is 12.8 Å². The lowest BCUT2D eigenvalue weighted by Gasteiger charge is -2.28. The number of hydrogen-bond donors (Lipinski definition) is 1. The summed E-state index contributed by atoms with van der Waals surface area (Å²) in [5.74, 6) is 0.728. The molecule has 0 bridgehead atoms. The fourth-order valence-corrected chi connectivity index (χ4v) is 3.07. The van der Waals surface area contributed by atoms with E-state index in [1.807, 2.05) is 30.3 Å². The third kappa shape index (κ3) is 2.22. The van der Waals surface area contributed by atoms with Gasteiger partial charge in [-0.25, -0.2) is 4.98 Å². The Morgan fingerprint density at radius 3 is 2.85 bits per heavy atom. The van der Waals surface area contributed by atoms with E-state index in [9.17, 15) is 5.26 Å². The molecular formula is C17H19N3. The second-order valence-electron chi connectivity index (χ2n) is 6.27. The molecule has 0 amide bonds. The number of nitriles is 1. The standard InChI is InChI=1S/C17H19N3/c1-17(2)9-5-8-15(17)20-16-13(11-18)10-12-6-3-4-7-14(12)19-16/h3-4,6-7,10,15H,5,8-9H2,1-2H3,(H,19,20). The van der Waals surface area contributed by atoms with Gasteiger partial charge in [-0.15, -0.1) is 0 Å². The molecule has 1 aliphatic carbocycles. The van der Waals surface area contributed by atoms with Gasteiger partial charge in [0, 0.05) is 11.4 Å². The number of benzene rings is 1. The highest BCUT2D eigenvalue weighted by molar-refractivity contribution is 5.82. The van der Waals surface area contributed by atoms with Crippen LogP contribution in [0.4, 0.5) is 5.82 Å². The number of hydrogen-bond acceptors (Lipinski definition) is 3. The lowest BCUT2D eigenvalue weighted by atomic mass is 9.87. The summed E-state index contributed by atoms with van der Waals surface area (Å²) in [7, 11) is 0. The van der Waals surface area contributed by atoms with Crippen LogP contribution >= 0.6 is 0 Å². The van der Waals surface area contributed by atoms with E-state index in [2.05, 4.69) is 30.2 Å². The van der Waals surface area contributed by atoms with Gasteiger partial charge in [-0.1, -0.05) is 38.5 Å². The Balaban J connectivity index is 2.00. The van der Waals surface area contributed by atoms with Crippen molar-refractivity contribution >= 4 is 16.7 Å². The molecule has 1 unspecified atom stereocenters. The van der Waals surface area contributed by atoms with E-state index in [0.717, 1.165) is 23.1 Å². The van der Waals surface area contributed by atoms with Crippen molar-refractivity contribution < 1.29 is 0 Å². The van der Waals surface area contributed by atoms with Gasteiger partial charge >= 0.3 is 0 Å². The van der Waals surface area contributed by atoms with Gasteiger partial charge in [0.1, 0.15) is 11.9 Å². The summed E-state index contributed by atoms with van der Waals surface area (Å²) >= 11 is 0. The molecule has 3 heteroatoms. The first kappa shape index (κ1) is 12.9. The van der Waals surface area contributed by atoms with Gasteiger partial charge in [0.05, 0.1) is 11.1 Å². The largest absolute Gasteiger partial charge is 0.366 e. The number of fused-ring (bicyclic) bond motifs is 1. The Hall–Kier alpha value is -2.08. The highest BCUT2D eigenvalue weighted by Gasteiger charge is 2.34. The summed E-state index contributed by atoms with van der Waals surface area (Å²) in [4.78, 5) is 4.64. The molecule has 1 N–H and O–H groups in total. The van der Waals surface area contributed by atoms with Crippen molar-refractivity contribution in [2.45, 2.75) is 39.2 Å². The van der Waals surface area contributed by atoms with E-state index >= 15 is 0 Å². The van der Waals surface area contributed by atoms with Gasteiger partial charge < -0.3 is 5.32 Å². The third-order valence-corrected chi connectivity index (χ3v) is 4.41. The number of nitrogens with one attached hydrogen (secondary N) is 1. The van der Waals surface area contributed by atoms with E-state index in [-0.39, 0.29) is 5.41 Å². The minimum absolute atomic E-state index is 0.264. The Labute approximate surface area is 119 Å². The molecule has 102 valence electrons. The van der Waals surface area contributed by atoms with Gasteiger partial charge in [-0.3, -0.25) is 0 Å². The van der Waals surface area contributed by atoms with Crippen LogP contribution in [0.25, 0.3) is 10.9 Å². The van der Waals surface area contributed by atoms with Crippen molar-refractivity contribution in [3.05, 3.63) is 35.9 Å². The molecule has 0 saturated heterocycles. The molecule has 2 aromatic rings. The van der Waals surface area contributed by atoms with E-state index in [1.54, 1.807) is 0 Å². The second kappa shape index (κ2) is 4.79. The van der Waals surface area contributed by atoms with Crippen LogP contribution in [0.15, 0.2) is 30.3 Å². The van der Waals surface area contributed by atoms with Crippen LogP contribution in [0.3, 0.4) is 0 Å². The highest BCUT2D eigenvalue weighted by Crippen LogP contribution is 2.39.